The first-order chi connectivity index (χ1) is 14.9. The molecular weight excluding hydrogens is 390 g/mol. The van der Waals surface area contributed by atoms with E-state index in [-0.39, 0.29) is 17.6 Å². The summed E-state index contributed by atoms with van der Waals surface area (Å²) in [7, 11) is 1.61. The molecular formula is C25H27N3O3. The number of carbonyl (C=O) groups is 2. The number of ether oxygens (including phenoxy) is 1. The van der Waals surface area contributed by atoms with Crippen LogP contribution in [0.15, 0.2) is 65.1 Å². The van der Waals surface area contributed by atoms with Gasteiger partial charge in [-0.05, 0) is 55.5 Å². The van der Waals surface area contributed by atoms with Crippen LogP contribution < -0.4 is 15.4 Å². The van der Waals surface area contributed by atoms with Gasteiger partial charge in [-0.2, -0.15) is 0 Å². The molecule has 160 valence electrons. The largest absolute Gasteiger partial charge is 0.497 e. The molecule has 0 spiro atoms. The Morgan fingerprint density at radius 1 is 1.13 bits per heavy atom. The zero-order valence-electron chi connectivity index (χ0n) is 18.3. The van der Waals surface area contributed by atoms with Crippen molar-refractivity contribution in [3.8, 4) is 5.75 Å². The van der Waals surface area contributed by atoms with Gasteiger partial charge < -0.3 is 15.4 Å². The molecule has 0 radical (unpaired) electrons. The van der Waals surface area contributed by atoms with Crippen molar-refractivity contribution in [1.82, 2.24) is 10.3 Å². The van der Waals surface area contributed by atoms with Crippen molar-refractivity contribution < 1.29 is 14.3 Å². The minimum Gasteiger partial charge on any atom is -0.497 e. The van der Waals surface area contributed by atoms with E-state index in [9.17, 15) is 9.59 Å². The van der Waals surface area contributed by atoms with Gasteiger partial charge in [0.05, 0.1) is 7.11 Å². The van der Waals surface area contributed by atoms with Gasteiger partial charge in [-0.3, -0.25) is 9.59 Å². The SMILES string of the molecule is COc1ccc([C@H]2C(C(=O)Nc3ccc(C)cn3)=C(C)NC3=C2C(=O)C[C@H](C)C3)cc1. The molecule has 1 aromatic heterocycles. The normalized spacial score (nSPS) is 20.8. The summed E-state index contributed by atoms with van der Waals surface area (Å²) in [5.74, 6) is 0.870. The number of anilines is 1. The fourth-order valence-corrected chi connectivity index (χ4v) is 4.39. The number of pyridine rings is 1. The van der Waals surface area contributed by atoms with Crippen LogP contribution in [-0.4, -0.2) is 23.8 Å². The number of rotatable bonds is 4. The van der Waals surface area contributed by atoms with E-state index in [1.807, 2.05) is 44.2 Å². The fourth-order valence-electron chi connectivity index (χ4n) is 4.39. The number of methoxy groups -OCH3 is 1. The molecule has 1 aliphatic carbocycles. The van der Waals surface area contributed by atoms with Crippen molar-refractivity contribution in [2.45, 2.75) is 39.5 Å². The number of benzene rings is 1. The molecule has 0 unspecified atom stereocenters. The summed E-state index contributed by atoms with van der Waals surface area (Å²) in [6.07, 6.45) is 2.99. The third kappa shape index (κ3) is 4.10. The topological polar surface area (TPSA) is 80.3 Å². The zero-order chi connectivity index (χ0) is 22.1. The number of hydrogen-bond acceptors (Lipinski definition) is 5. The van der Waals surface area contributed by atoms with E-state index < -0.39 is 5.92 Å². The number of dihydropyridines is 1. The first-order valence-electron chi connectivity index (χ1n) is 10.5. The van der Waals surface area contributed by atoms with E-state index in [1.54, 1.807) is 19.4 Å². The van der Waals surface area contributed by atoms with Crippen LogP contribution in [0.4, 0.5) is 5.82 Å². The number of aromatic nitrogens is 1. The third-order valence-corrected chi connectivity index (χ3v) is 5.88. The van der Waals surface area contributed by atoms with Gasteiger partial charge in [-0.1, -0.05) is 25.1 Å². The first-order valence-corrected chi connectivity index (χ1v) is 10.5. The maximum Gasteiger partial charge on any atom is 0.255 e. The molecule has 1 aliphatic heterocycles. The van der Waals surface area contributed by atoms with E-state index in [4.69, 9.17) is 4.74 Å². The Balaban J connectivity index is 1.77. The zero-order valence-corrected chi connectivity index (χ0v) is 18.3. The Kier molecular flexibility index (Phi) is 5.63. The van der Waals surface area contributed by atoms with Gasteiger partial charge in [0.1, 0.15) is 11.6 Å². The molecule has 2 aromatic rings. The van der Waals surface area contributed by atoms with Crippen LogP contribution in [0.1, 0.15) is 43.7 Å². The molecule has 1 aromatic carbocycles. The molecule has 31 heavy (non-hydrogen) atoms. The van der Waals surface area contributed by atoms with E-state index in [1.165, 1.54) is 0 Å². The standard InChI is InChI=1S/C25H27N3O3/c1-14-5-10-21(26-13-14)28-25(30)22-16(3)27-19-11-15(2)12-20(29)24(19)23(22)17-6-8-18(31-4)9-7-17/h5-10,13,15,23,27H,11-12H2,1-4H3,(H,26,28,30)/t15-,23+/m1/s1. The maximum atomic E-state index is 13.4. The Morgan fingerprint density at radius 3 is 2.52 bits per heavy atom. The second-order valence-electron chi connectivity index (χ2n) is 8.37. The number of ketones is 1. The van der Waals surface area contributed by atoms with Crippen molar-refractivity contribution in [2.75, 3.05) is 12.4 Å². The van der Waals surface area contributed by atoms with E-state index in [0.717, 1.165) is 34.7 Å². The lowest BCUT2D eigenvalue weighted by Crippen LogP contribution is -2.37. The summed E-state index contributed by atoms with van der Waals surface area (Å²) in [5, 5.41) is 6.26. The number of amides is 1. The number of nitrogens with zero attached hydrogens (tertiary/aromatic N) is 1. The van der Waals surface area contributed by atoms with Gasteiger partial charge in [-0.15, -0.1) is 0 Å². The van der Waals surface area contributed by atoms with Gasteiger partial charge in [0.15, 0.2) is 5.78 Å². The molecule has 4 rings (SSSR count). The van der Waals surface area contributed by atoms with Crippen LogP contribution in [0.25, 0.3) is 0 Å². The monoisotopic (exact) mass is 417 g/mol. The Labute approximate surface area is 182 Å². The van der Waals surface area contributed by atoms with Gasteiger partial charge >= 0.3 is 0 Å². The summed E-state index contributed by atoms with van der Waals surface area (Å²) in [6.45, 7) is 5.91. The number of allylic oxidation sites excluding steroid dienone is 3. The van der Waals surface area contributed by atoms with E-state index in [2.05, 4.69) is 22.5 Å². The molecule has 2 heterocycles. The number of hydrogen-bond donors (Lipinski definition) is 2. The van der Waals surface area contributed by atoms with Crippen LogP contribution in [0.2, 0.25) is 0 Å². The van der Waals surface area contributed by atoms with Gasteiger partial charge in [0.25, 0.3) is 5.91 Å². The van der Waals surface area contributed by atoms with Crippen LogP contribution in [0.5, 0.6) is 5.75 Å². The second-order valence-corrected chi connectivity index (χ2v) is 8.37. The van der Waals surface area contributed by atoms with Gasteiger partial charge in [0.2, 0.25) is 0 Å². The Bertz CT molecular complexity index is 1080. The predicted octanol–water partition coefficient (Wildman–Crippen LogP) is 4.25. The lowest BCUT2D eigenvalue weighted by Gasteiger charge is -2.36. The molecule has 2 aliphatic rings. The highest BCUT2D eigenvalue weighted by molar-refractivity contribution is 6.09. The number of Topliss-reactive ketones (excluding diaryl/α,β-unsaturated/α-hetero) is 1. The molecule has 6 nitrogen and oxygen atoms in total. The highest BCUT2D eigenvalue weighted by atomic mass is 16.5. The summed E-state index contributed by atoms with van der Waals surface area (Å²) in [4.78, 5) is 30.8. The number of aryl methyl sites for hydroxylation is 1. The van der Waals surface area contributed by atoms with Crippen molar-refractivity contribution in [3.63, 3.8) is 0 Å². The van der Waals surface area contributed by atoms with Gasteiger partial charge in [0, 0.05) is 41.1 Å². The Morgan fingerprint density at radius 2 is 1.87 bits per heavy atom. The van der Waals surface area contributed by atoms with Crippen LogP contribution in [0, 0.1) is 12.8 Å². The first kappa shape index (κ1) is 20.8. The molecule has 1 amide bonds. The highest BCUT2D eigenvalue weighted by Crippen LogP contribution is 2.43. The maximum absolute atomic E-state index is 13.4. The highest BCUT2D eigenvalue weighted by Gasteiger charge is 2.39. The minimum atomic E-state index is -0.437. The van der Waals surface area contributed by atoms with Crippen molar-refractivity contribution in [3.05, 3.63) is 76.3 Å². The van der Waals surface area contributed by atoms with Crippen molar-refractivity contribution >= 4 is 17.5 Å². The lowest BCUT2D eigenvalue weighted by molar-refractivity contribution is -0.117. The van der Waals surface area contributed by atoms with E-state index >= 15 is 0 Å². The van der Waals surface area contributed by atoms with Gasteiger partial charge in [-0.25, -0.2) is 4.98 Å². The smallest absolute Gasteiger partial charge is 0.255 e. The molecule has 0 bridgehead atoms. The average Bonchev–Trinajstić information content (AvgIpc) is 2.74. The molecule has 0 fully saturated rings. The third-order valence-electron chi connectivity index (χ3n) is 5.88. The molecule has 0 saturated heterocycles. The average molecular weight is 418 g/mol. The number of nitrogens with one attached hydrogen (secondary N) is 2. The summed E-state index contributed by atoms with van der Waals surface area (Å²) >= 11 is 0. The summed E-state index contributed by atoms with van der Waals surface area (Å²) < 4.78 is 5.29. The fraction of sp³-hybridized carbons (Fsp3) is 0.320. The Hall–Kier alpha value is -3.41. The van der Waals surface area contributed by atoms with E-state index in [0.29, 0.717) is 23.4 Å². The number of carbonyl (C=O) groups excluding carboxylic acids is 2. The predicted molar refractivity (Wildman–Crippen MR) is 120 cm³/mol. The molecule has 6 heteroatoms. The lowest BCUT2D eigenvalue weighted by atomic mass is 9.73. The van der Waals surface area contributed by atoms with Crippen LogP contribution in [0.3, 0.4) is 0 Å². The minimum absolute atomic E-state index is 0.0910. The second kappa shape index (κ2) is 8.38. The quantitative estimate of drug-likeness (QED) is 0.777. The summed E-state index contributed by atoms with van der Waals surface area (Å²) in [5.41, 5.74) is 4.81. The van der Waals surface area contributed by atoms with Crippen molar-refractivity contribution in [1.29, 1.82) is 0 Å². The molecule has 0 saturated carbocycles. The van der Waals surface area contributed by atoms with Crippen molar-refractivity contribution in [2.24, 2.45) is 5.92 Å². The molecule has 2 atom stereocenters. The summed E-state index contributed by atoms with van der Waals surface area (Å²) in [6, 6.07) is 11.3. The molecule has 2 N–H and O–H groups in total. The van der Waals surface area contributed by atoms with Crippen LogP contribution >= 0.6 is 0 Å². The van der Waals surface area contributed by atoms with Crippen LogP contribution in [-0.2, 0) is 9.59 Å².